The van der Waals surface area contributed by atoms with Crippen molar-refractivity contribution in [3.05, 3.63) is 69.8 Å². The quantitative estimate of drug-likeness (QED) is 0.0803. The van der Waals surface area contributed by atoms with E-state index in [-0.39, 0.29) is 38.3 Å². The van der Waals surface area contributed by atoms with Crippen LogP contribution in [0.1, 0.15) is 52.6 Å². The zero-order chi connectivity index (χ0) is 32.1. The lowest BCUT2D eigenvalue weighted by Crippen LogP contribution is -2.56. The number of guanidine groups is 1. The fraction of sp³-hybridized carbons (Fsp3) is 0.452. The molecule has 0 unspecified atom stereocenters. The van der Waals surface area contributed by atoms with Crippen LogP contribution in [-0.2, 0) is 32.0 Å². The molecular formula is C31H46N8O4. The van der Waals surface area contributed by atoms with Gasteiger partial charge in [0.15, 0.2) is 5.96 Å². The van der Waals surface area contributed by atoms with Crippen molar-refractivity contribution >= 4 is 29.6 Å². The summed E-state index contributed by atoms with van der Waals surface area (Å²) in [6, 6.07) is 8.72. The van der Waals surface area contributed by atoms with Crippen molar-refractivity contribution in [1.29, 1.82) is 0 Å². The molecule has 0 bridgehead atoms. The second kappa shape index (κ2) is 16.9. The Morgan fingerprint density at radius 2 is 1.26 bits per heavy atom. The van der Waals surface area contributed by atoms with Gasteiger partial charge in [-0.3, -0.25) is 24.2 Å². The predicted molar refractivity (Wildman–Crippen MR) is 168 cm³/mol. The van der Waals surface area contributed by atoms with E-state index in [4.69, 9.17) is 22.9 Å². The van der Waals surface area contributed by atoms with Gasteiger partial charge < -0.3 is 38.9 Å². The summed E-state index contributed by atoms with van der Waals surface area (Å²) in [6.45, 7) is 8.04. The summed E-state index contributed by atoms with van der Waals surface area (Å²) in [5.74, 6) is -2.17. The van der Waals surface area contributed by atoms with Gasteiger partial charge in [-0.1, -0.05) is 36.4 Å². The average Bonchev–Trinajstić information content (AvgIpc) is 2.93. The minimum absolute atomic E-state index is 0.0269. The van der Waals surface area contributed by atoms with Crippen LogP contribution in [0.3, 0.4) is 0 Å². The Bertz CT molecular complexity index is 1280. The summed E-state index contributed by atoms with van der Waals surface area (Å²) in [7, 11) is 0. The number of aryl methyl sites for hydroxylation is 4. The summed E-state index contributed by atoms with van der Waals surface area (Å²) in [5, 5.41) is 8.26. The number of nitrogens with zero attached hydrogens (tertiary/aromatic N) is 1. The maximum Gasteiger partial charge on any atom is 0.243 e. The van der Waals surface area contributed by atoms with E-state index in [2.05, 4.69) is 20.9 Å². The van der Waals surface area contributed by atoms with Crippen LogP contribution in [0.5, 0.6) is 0 Å². The van der Waals surface area contributed by atoms with Crippen LogP contribution in [0.4, 0.5) is 0 Å². The lowest BCUT2D eigenvalue weighted by atomic mass is 9.95. The smallest absolute Gasteiger partial charge is 0.243 e. The van der Waals surface area contributed by atoms with Gasteiger partial charge in [0.05, 0.1) is 6.04 Å². The molecule has 12 nitrogen and oxygen atoms in total. The van der Waals surface area contributed by atoms with Gasteiger partial charge in [-0.2, -0.15) is 0 Å². The maximum absolute atomic E-state index is 13.6. The monoisotopic (exact) mass is 594 g/mol. The van der Waals surface area contributed by atoms with Crippen molar-refractivity contribution < 1.29 is 19.2 Å². The molecule has 2 aromatic carbocycles. The number of primary amides is 1. The zero-order valence-corrected chi connectivity index (χ0v) is 25.5. The molecule has 0 aromatic heterocycles. The van der Waals surface area contributed by atoms with Gasteiger partial charge in [0.25, 0.3) is 0 Å². The average molecular weight is 595 g/mol. The van der Waals surface area contributed by atoms with Crippen molar-refractivity contribution in [3.8, 4) is 0 Å². The second-order valence-electron chi connectivity index (χ2n) is 10.8. The zero-order valence-electron chi connectivity index (χ0n) is 25.5. The first-order valence-electron chi connectivity index (χ1n) is 14.4. The van der Waals surface area contributed by atoms with Crippen LogP contribution >= 0.6 is 0 Å². The lowest BCUT2D eigenvalue weighted by molar-refractivity contribution is -0.132. The van der Waals surface area contributed by atoms with Crippen LogP contribution < -0.4 is 38.9 Å². The minimum Gasteiger partial charge on any atom is -0.370 e. The van der Waals surface area contributed by atoms with Gasteiger partial charge in [0.1, 0.15) is 12.1 Å². The predicted octanol–water partition coefficient (Wildman–Crippen LogP) is 0.0476. The SMILES string of the molecule is Cc1cccc(C)c1C[C@H](NC(=O)[C@@H](CCCN=C(N)N)NC(=O)[C@@H](N)Cc1c(C)cccc1C)C(=O)NCCC(N)=O. The van der Waals surface area contributed by atoms with Crippen molar-refractivity contribution in [2.24, 2.45) is 27.9 Å². The third-order valence-corrected chi connectivity index (χ3v) is 7.34. The Labute approximate surface area is 253 Å². The molecule has 0 fully saturated rings. The number of aliphatic imine (C=N–C) groups is 1. The van der Waals surface area contributed by atoms with E-state index in [1.807, 2.05) is 64.1 Å². The Morgan fingerprint density at radius 1 is 0.744 bits per heavy atom. The largest absolute Gasteiger partial charge is 0.370 e. The summed E-state index contributed by atoms with van der Waals surface area (Å²) < 4.78 is 0. The Balaban J connectivity index is 2.27. The highest BCUT2D eigenvalue weighted by atomic mass is 16.2. The molecule has 11 N–H and O–H groups in total. The molecule has 0 saturated heterocycles. The number of rotatable bonds is 16. The minimum atomic E-state index is -1.01. The molecule has 0 aliphatic carbocycles. The fourth-order valence-electron chi connectivity index (χ4n) is 4.82. The van der Waals surface area contributed by atoms with Crippen LogP contribution in [-0.4, -0.2) is 60.8 Å². The first kappa shape index (κ1) is 34.7. The van der Waals surface area contributed by atoms with Gasteiger partial charge >= 0.3 is 0 Å². The highest BCUT2D eigenvalue weighted by Gasteiger charge is 2.29. The third kappa shape index (κ3) is 11.4. The van der Waals surface area contributed by atoms with E-state index in [1.165, 1.54) is 0 Å². The molecule has 2 rings (SSSR count). The number of hydrogen-bond acceptors (Lipinski definition) is 6. The van der Waals surface area contributed by atoms with E-state index >= 15 is 0 Å². The molecule has 0 saturated carbocycles. The van der Waals surface area contributed by atoms with E-state index in [0.717, 1.165) is 33.4 Å². The fourth-order valence-corrected chi connectivity index (χ4v) is 4.82. The van der Waals surface area contributed by atoms with Crippen molar-refractivity contribution in [3.63, 3.8) is 0 Å². The summed E-state index contributed by atoms with van der Waals surface area (Å²) in [5.41, 5.74) is 28.2. The summed E-state index contributed by atoms with van der Waals surface area (Å²) >= 11 is 0. The molecule has 12 heteroatoms. The van der Waals surface area contributed by atoms with E-state index in [0.29, 0.717) is 12.8 Å². The Kier molecular flexibility index (Phi) is 13.6. The number of carbonyl (C=O) groups excluding carboxylic acids is 4. The Hall–Kier alpha value is -4.45. The van der Waals surface area contributed by atoms with E-state index < -0.39 is 41.8 Å². The highest BCUT2D eigenvalue weighted by molar-refractivity contribution is 5.93. The number of hydrogen-bond donors (Lipinski definition) is 7. The molecule has 0 spiro atoms. The molecule has 234 valence electrons. The molecule has 2 aromatic rings. The van der Waals surface area contributed by atoms with Crippen molar-refractivity contribution in [1.82, 2.24) is 16.0 Å². The normalized spacial score (nSPS) is 12.9. The van der Waals surface area contributed by atoms with E-state index in [9.17, 15) is 19.2 Å². The van der Waals surface area contributed by atoms with Gasteiger partial charge in [0, 0.05) is 25.9 Å². The van der Waals surface area contributed by atoms with Gasteiger partial charge in [0.2, 0.25) is 23.6 Å². The second-order valence-corrected chi connectivity index (χ2v) is 10.8. The molecule has 4 amide bonds. The number of nitrogens with one attached hydrogen (secondary N) is 3. The number of amides is 4. The number of benzene rings is 2. The number of carbonyl (C=O) groups is 4. The Morgan fingerprint density at radius 3 is 1.77 bits per heavy atom. The molecule has 43 heavy (non-hydrogen) atoms. The van der Waals surface area contributed by atoms with Crippen molar-refractivity contribution in [2.75, 3.05) is 13.1 Å². The summed E-state index contributed by atoms with van der Waals surface area (Å²) in [4.78, 5) is 55.2. The molecule has 0 heterocycles. The topological polar surface area (TPSA) is 221 Å². The van der Waals surface area contributed by atoms with Crippen LogP contribution in [0, 0.1) is 27.7 Å². The molecular weight excluding hydrogens is 548 g/mol. The lowest BCUT2D eigenvalue weighted by Gasteiger charge is -2.25. The highest BCUT2D eigenvalue weighted by Crippen LogP contribution is 2.17. The molecule has 0 aliphatic rings. The first-order valence-corrected chi connectivity index (χ1v) is 14.4. The summed E-state index contributed by atoms with van der Waals surface area (Å²) in [6.07, 6.45) is 1.04. The van der Waals surface area contributed by atoms with Crippen LogP contribution in [0.2, 0.25) is 0 Å². The molecule has 0 radical (unpaired) electrons. The third-order valence-electron chi connectivity index (χ3n) is 7.34. The standard InChI is InChI=1S/C31H46N8O4/c1-18-8-5-9-19(2)22(18)16-24(32)28(41)38-25(12-7-14-37-31(34)35)30(43)39-26(29(42)36-15-13-27(33)40)17-23-20(3)10-6-11-21(23)4/h5-6,8-11,24-26H,7,12-17,32H2,1-4H3,(H2,33,40)(H,36,42)(H,38,41)(H,39,43)(H4,34,35,37)/t24-,25+,26-/m0/s1. The molecule has 3 atom stereocenters. The van der Waals surface area contributed by atoms with Gasteiger partial charge in [-0.25, -0.2) is 0 Å². The van der Waals surface area contributed by atoms with E-state index in [1.54, 1.807) is 0 Å². The van der Waals surface area contributed by atoms with Crippen LogP contribution in [0.15, 0.2) is 41.4 Å². The maximum atomic E-state index is 13.6. The first-order chi connectivity index (χ1) is 20.3. The van der Waals surface area contributed by atoms with Gasteiger partial charge in [-0.15, -0.1) is 0 Å². The van der Waals surface area contributed by atoms with Crippen molar-refractivity contribution in [2.45, 2.75) is 77.9 Å². The van der Waals surface area contributed by atoms with Crippen LogP contribution in [0.25, 0.3) is 0 Å². The van der Waals surface area contributed by atoms with Gasteiger partial charge in [-0.05, 0) is 80.3 Å². The number of nitrogens with two attached hydrogens (primary N) is 4. The molecule has 0 aliphatic heterocycles.